The van der Waals surface area contributed by atoms with Gasteiger partial charge in [-0.3, -0.25) is 0 Å². The van der Waals surface area contributed by atoms with Crippen molar-refractivity contribution in [1.82, 2.24) is 5.32 Å². The molecule has 0 aliphatic carbocycles. The molecule has 3 nitrogen and oxygen atoms in total. The van der Waals surface area contributed by atoms with Gasteiger partial charge in [-0.05, 0) is 42.1 Å². The van der Waals surface area contributed by atoms with E-state index >= 15 is 0 Å². The van der Waals surface area contributed by atoms with E-state index in [0.717, 1.165) is 24.5 Å². The highest BCUT2D eigenvalue weighted by Crippen LogP contribution is 2.38. The summed E-state index contributed by atoms with van der Waals surface area (Å²) in [5.41, 5.74) is 2.79. The van der Waals surface area contributed by atoms with Crippen molar-refractivity contribution in [2.75, 3.05) is 19.8 Å². The summed E-state index contributed by atoms with van der Waals surface area (Å²) >= 11 is 0. The Balaban J connectivity index is 2.04. The van der Waals surface area contributed by atoms with Crippen molar-refractivity contribution in [1.29, 1.82) is 0 Å². The fourth-order valence-electron chi connectivity index (χ4n) is 2.72. The molecule has 0 aromatic heterocycles. The molecule has 3 heteroatoms. The standard InChI is InChI=1S/C14H19NO2/c1-9(2)14-11-8-13-12(16-5-6-17-13)7-10(11)3-4-15-14/h7-9,14-15H,3-6H2,1-2H3. The largest absolute Gasteiger partial charge is 0.486 e. The van der Waals surface area contributed by atoms with Crippen LogP contribution in [-0.2, 0) is 6.42 Å². The van der Waals surface area contributed by atoms with E-state index in [2.05, 4.69) is 31.3 Å². The van der Waals surface area contributed by atoms with Crippen LogP contribution in [0, 0.1) is 5.92 Å². The maximum atomic E-state index is 5.66. The van der Waals surface area contributed by atoms with Crippen LogP contribution in [-0.4, -0.2) is 19.8 Å². The van der Waals surface area contributed by atoms with E-state index in [4.69, 9.17) is 9.47 Å². The summed E-state index contributed by atoms with van der Waals surface area (Å²) in [6, 6.07) is 4.77. The maximum Gasteiger partial charge on any atom is 0.161 e. The normalized spacial score (nSPS) is 22.4. The molecule has 0 saturated heterocycles. The lowest BCUT2D eigenvalue weighted by atomic mass is 9.87. The highest BCUT2D eigenvalue weighted by molar-refractivity contribution is 5.50. The van der Waals surface area contributed by atoms with Gasteiger partial charge in [-0.15, -0.1) is 0 Å². The third-order valence-corrected chi connectivity index (χ3v) is 3.56. The Morgan fingerprint density at radius 3 is 2.59 bits per heavy atom. The Kier molecular flexibility index (Phi) is 2.71. The lowest BCUT2D eigenvalue weighted by Gasteiger charge is -2.31. The van der Waals surface area contributed by atoms with Crippen LogP contribution in [0.3, 0.4) is 0 Å². The van der Waals surface area contributed by atoms with Crippen molar-refractivity contribution in [3.8, 4) is 11.5 Å². The SMILES string of the molecule is CC(C)C1NCCc2cc3c(cc21)OCCO3. The molecule has 2 aliphatic heterocycles. The molecule has 0 radical (unpaired) electrons. The van der Waals surface area contributed by atoms with Crippen LogP contribution in [0.4, 0.5) is 0 Å². The summed E-state index contributed by atoms with van der Waals surface area (Å²) in [5.74, 6) is 2.42. The van der Waals surface area contributed by atoms with Crippen LogP contribution < -0.4 is 14.8 Å². The Hall–Kier alpha value is -1.22. The van der Waals surface area contributed by atoms with E-state index in [9.17, 15) is 0 Å². The van der Waals surface area contributed by atoms with E-state index in [0.29, 0.717) is 25.2 Å². The second-order valence-corrected chi connectivity index (χ2v) is 5.12. The third kappa shape index (κ3) is 1.89. The van der Waals surface area contributed by atoms with Crippen LogP contribution >= 0.6 is 0 Å². The highest BCUT2D eigenvalue weighted by atomic mass is 16.6. The zero-order valence-electron chi connectivity index (χ0n) is 10.5. The molecular formula is C14H19NO2. The molecule has 0 fully saturated rings. The van der Waals surface area contributed by atoms with Crippen molar-refractivity contribution in [2.24, 2.45) is 5.92 Å². The number of nitrogens with one attached hydrogen (secondary N) is 1. The lowest BCUT2D eigenvalue weighted by molar-refractivity contribution is 0.170. The van der Waals surface area contributed by atoms with Gasteiger partial charge in [0.2, 0.25) is 0 Å². The maximum absolute atomic E-state index is 5.66. The van der Waals surface area contributed by atoms with Crippen LogP contribution in [0.2, 0.25) is 0 Å². The first-order chi connectivity index (χ1) is 8.25. The van der Waals surface area contributed by atoms with Gasteiger partial charge in [-0.2, -0.15) is 0 Å². The summed E-state index contributed by atoms with van der Waals surface area (Å²) in [6.45, 7) is 6.88. The number of rotatable bonds is 1. The molecular weight excluding hydrogens is 214 g/mol. The summed E-state index contributed by atoms with van der Waals surface area (Å²) < 4.78 is 11.3. The monoisotopic (exact) mass is 233 g/mol. The summed E-state index contributed by atoms with van der Waals surface area (Å²) in [4.78, 5) is 0. The molecule has 1 atom stereocenters. The molecule has 2 aliphatic rings. The molecule has 2 heterocycles. The number of hydrogen-bond acceptors (Lipinski definition) is 3. The number of fused-ring (bicyclic) bond motifs is 2. The van der Waals surface area contributed by atoms with Crippen molar-refractivity contribution < 1.29 is 9.47 Å². The first-order valence-corrected chi connectivity index (χ1v) is 6.41. The van der Waals surface area contributed by atoms with Gasteiger partial charge >= 0.3 is 0 Å². The van der Waals surface area contributed by atoms with E-state index in [1.807, 2.05) is 0 Å². The first-order valence-electron chi connectivity index (χ1n) is 6.41. The summed E-state index contributed by atoms with van der Waals surface area (Å²) in [6.07, 6.45) is 1.08. The Morgan fingerprint density at radius 1 is 1.18 bits per heavy atom. The van der Waals surface area contributed by atoms with E-state index < -0.39 is 0 Å². The molecule has 0 spiro atoms. The Bertz CT molecular complexity index is 428. The summed E-state index contributed by atoms with van der Waals surface area (Å²) in [5, 5.41) is 3.59. The number of hydrogen-bond donors (Lipinski definition) is 1. The van der Waals surface area contributed by atoms with Gasteiger partial charge in [0.1, 0.15) is 13.2 Å². The lowest BCUT2D eigenvalue weighted by Crippen LogP contribution is -2.33. The molecule has 1 unspecified atom stereocenters. The topological polar surface area (TPSA) is 30.5 Å². The van der Waals surface area contributed by atoms with Crippen molar-refractivity contribution in [3.63, 3.8) is 0 Å². The van der Waals surface area contributed by atoms with Gasteiger partial charge in [0, 0.05) is 6.04 Å². The number of benzene rings is 1. The molecule has 17 heavy (non-hydrogen) atoms. The van der Waals surface area contributed by atoms with Gasteiger partial charge in [0.05, 0.1) is 0 Å². The number of ether oxygens (including phenoxy) is 2. The van der Waals surface area contributed by atoms with Crippen LogP contribution in [0.25, 0.3) is 0 Å². The van der Waals surface area contributed by atoms with Crippen molar-refractivity contribution in [3.05, 3.63) is 23.3 Å². The molecule has 1 aromatic rings. The molecule has 0 bridgehead atoms. The van der Waals surface area contributed by atoms with Gasteiger partial charge in [-0.1, -0.05) is 13.8 Å². The Morgan fingerprint density at radius 2 is 1.88 bits per heavy atom. The van der Waals surface area contributed by atoms with E-state index in [-0.39, 0.29) is 0 Å². The van der Waals surface area contributed by atoms with E-state index in [1.54, 1.807) is 0 Å². The zero-order valence-corrected chi connectivity index (χ0v) is 10.5. The molecule has 3 rings (SSSR count). The zero-order chi connectivity index (χ0) is 11.8. The highest BCUT2D eigenvalue weighted by Gasteiger charge is 2.25. The van der Waals surface area contributed by atoms with Crippen molar-refractivity contribution >= 4 is 0 Å². The smallest absolute Gasteiger partial charge is 0.161 e. The average molecular weight is 233 g/mol. The second kappa shape index (κ2) is 4.22. The Labute approximate surface area is 102 Å². The van der Waals surface area contributed by atoms with Gasteiger partial charge in [0.25, 0.3) is 0 Å². The molecule has 1 aromatic carbocycles. The van der Waals surface area contributed by atoms with Gasteiger partial charge in [-0.25, -0.2) is 0 Å². The fourth-order valence-corrected chi connectivity index (χ4v) is 2.72. The van der Waals surface area contributed by atoms with Gasteiger partial charge < -0.3 is 14.8 Å². The second-order valence-electron chi connectivity index (χ2n) is 5.12. The molecule has 0 saturated carbocycles. The minimum Gasteiger partial charge on any atom is -0.486 e. The first kappa shape index (κ1) is 10.9. The predicted octanol–water partition coefficient (Wildman–Crippen LogP) is 2.30. The van der Waals surface area contributed by atoms with Crippen molar-refractivity contribution in [2.45, 2.75) is 26.3 Å². The van der Waals surface area contributed by atoms with Crippen LogP contribution in [0.5, 0.6) is 11.5 Å². The molecule has 1 N–H and O–H groups in total. The molecule has 92 valence electrons. The quantitative estimate of drug-likeness (QED) is 0.807. The predicted molar refractivity (Wildman–Crippen MR) is 66.7 cm³/mol. The van der Waals surface area contributed by atoms with E-state index in [1.165, 1.54) is 11.1 Å². The van der Waals surface area contributed by atoms with Crippen LogP contribution in [0.15, 0.2) is 12.1 Å². The third-order valence-electron chi connectivity index (χ3n) is 3.56. The summed E-state index contributed by atoms with van der Waals surface area (Å²) in [7, 11) is 0. The van der Waals surface area contributed by atoms with Gasteiger partial charge in [0.15, 0.2) is 11.5 Å². The molecule has 0 amide bonds. The average Bonchev–Trinajstić information content (AvgIpc) is 2.35. The minimum atomic E-state index is 0.439. The fraction of sp³-hybridized carbons (Fsp3) is 0.571. The van der Waals surface area contributed by atoms with Crippen LogP contribution in [0.1, 0.15) is 31.0 Å². The minimum absolute atomic E-state index is 0.439.